The molecule has 0 unspecified atom stereocenters. The van der Waals surface area contributed by atoms with Crippen molar-refractivity contribution >= 4 is 10.1 Å². The minimum Gasteiger partial charge on any atom is -0.293 e. The van der Waals surface area contributed by atoms with Gasteiger partial charge in [-0.25, -0.2) is 0 Å². The highest BCUT2D eigenvalue weighted by atomic mass is 32.2. The minimum atomic E-state index is -4.41. The Morgan fingerprint density at radius 2 is 1.92 bits per heavy atom. The summed E-state index contributed by atoms with van der Waals surface area (Å²) in [5.74, 6) is -0.528. The molecule has 0 aliphatic heterocycles. The van der Waals surface area contributed by atoms with E-state index in [0.29, 0.717) is 0 Å². The van der Waals surface area contributed by atoms with Crippen molar-refractivity contribution in [1.29, 1.82) is 0 Å². The van der Waals surface area contributed by atoms with Crippen molar-refractivity contribution in [2.75, 3.05) is 0 Å². The summed E-state index contributed by atoms with van der Waals surface area (Å²) >= 11 is 0. The maximum absolute atomic E-state index is 11.6. The van der Waals surface area contributed by atoms with Crippen LogP contribution in [0, 0.1) is 0 Å². The first kappa shape index (κ1) is 8.95. The standard InChI is InChI=1S/C6H5FO4S/c7-11-5-3-1-2-4-6(5)12(8,9)10/h1-4H,(H,8,9,10). The Balaban J connectivity index is 3.33. The topological polar surface area (TPSA) is 63.6 Å². The Morgan fingerprint density at radius 3 is 2.33 bits per heavy atom. The van der Waals surface area contributed by atoms with Crippen LogP contribution in [0.3, 0.4) is 0 Å². The molecule has 6 heteroatoms. The Bertz CT molecular complexity index is 373. The highest BCUT2D eigenvalue weighted by molar-refractivity contribution is 7.86. The van der Waals surface area contributed by atoms with E-state index in [0.717, 1.165) is 12.1 Å². The van der Waals surface area contributed by atoms with Crippen LogP contribution in [0.4, 0.5) is 4.53 Å². The van der Waals surface area contributed by atoms with Crippen LogP contribution in [0.15, 0.2) is 29.2 Å². The average Bonchev–Trinajstić information content (AvgIpc) is 2.03. The van der Waals surface area contributed by atoms with E-state index in [-0.39, 0.29) is 0 Å². The van der Waals surface area contributed by atoms with Gasteiger partial charge in [0.1, 0.15) is 4.90 Å². The molecule has 4 nitrogen and oxygen atoms in total. The van der Waals surface area contributed by atoms with Crippen LogP contribution in [0.2, 0.25) is 0 Å². The van der Waals surface area contributed by atoms with Crippen molar-refractivity contribution < 1.29 is 22.4 Å². The average molecular weight is 192 g/mol. The Labute approximate surface area is 68.2 Å². The zero-order chi connectivity index (χ0) is 9.19. The van der Waals surface area contributed by atoms with Crippen LogP contribution < -0.4 is 4.94 Å². The third-order valence-electron chi connectivity index (χ3n) is 1.21. The van der Waals surface area contributed by atoms with Gasteiger partial charge in [-0.1, -0.05) is 12.1 Å². The van der Waals surface area contributed by atoms with Gasteiger partial charge in [0.05, 0.1) is 0 Å². The molecule has 0 aliphatic rings. The van der Waals surface area contributed by atoms with E-state index < -0.39 is 20.8 Å². The number of halogens is 1. The number of rotatable bonds is 2. The van der Waals surface area contributed by atoms with Crippen molar-refractivity contribution in [1.82, 2.24) is 0 Å². The molecule has 0 amide bonds. The maximum Gasteiger partial charge on any atom is 0.298 e. The molecule has 1 rings (SSSR count). The summed E-state index contributed by atoms with van der Waals surface area (Å²) in [5.41, 5.74) is 0. The van der Waals surface area contributed by atoms with Gasteiger partial charge in [0.15, 0.2) is 5.75 Å². The molecule has 0 saturated carbocycles. The summed E-state index contributed by atoms with van der Waals surface area (Å²) in [4.78, 5) is 2.64. The van der Waals surface area contributed by atoms with Gasteiger partial charge in [0, 0.05) is 4.53 Å². The van der Waals surface area contributed by atoms with Gasteiger partial charge >= 0.3 is 0 Å². The van der Waals surface area contributed by atoms with Crippen molar-refractivity contribution in [3.8, 4) is 5.75 Å². The number of benzene rings is 1. The second-order valence-electron chi connectivity index (χ2n) is 2.00. The van der Waals surface area contributed by atoms with Gasteiger partial charge < -0.3 is 0 Å². The summed E-state index contributed by atoms with van der Waals surface area (Å²) in [6, 6.07) is 4.84. The lowest BCUT2D eigenvalue weighted by Crippen LogP contribution is -1.99. The fourth-order valence-electron chi connectivity index (χ4n) is 0.727. The number of hydrogen-bond donors (Lipinski definition) is 1. The van der Waals surface area contributed by atoms with Crippen LogP contribution >= 0.6 is 0 Å². The van der Waals surface area contributed by atoms with Crippen LogP contribution in [0.25, 0.3) is 0 Å². The molecule has 66 valence electrons. The van der Waals surface area contributed by atoms with Crippen LogP contribution in [-0.4, -0.2) is 13.0 Å². The van der Waals surface area contributed by atoms with Crippen LogP contribution in [-0.2, 0) is 10.1 Å². The van der Waals surface area contributed by atoms with Gasteiger partial charge in [0.2, 0.25) is 0 Å². The normalized spacial score (nSPS) is 11.2. The SMILES string of the molecule is O=S(=O)(O)c1ccccc1OF. The molecule has 0 heterocycles. The Kier molecular flexibility index (Phi) is 2.30. The van der Waals surface area contributed by atoms with Gasteiger partial charge in [-0.05, 0) is 12.1 Å². The monoisotopic (exact) mass is 192 g/mol. The molecule has 0 aliphatic carbocycles. The number of para-hydroxylation sites is 1. The van der Waals surface area contributed by atoms with Crippen LogP contribution in [0.1, 0.15) is 0 Å². The van der Waals surface area contributed by atoms with E-state index in [4.69, 9.17) is 4.55 Å². The van der Waals surface area contributed by atoms with Crippen LogP contribution in [0.5, 0.6) is 5.75 Å². The second kappa shape index (κ2) is 3.08. The lowest BCUT2D eigenvalue weighted by molar-refractivity contribution is -0.00997. The van der Waals surface area contributed by atoms with E-state index in [1.165, 1.54) is 12.1 Å². The van der Waals surface area contributed by atoms with E-state index in [1.54, 1.807) is 0 Å². The zero-order valence-corrected chi connectivity index (χ0v) is 6.58. The quantitative estimate of drug-likeness (QED) is 0.715. The highest BCUT2D eigenvalue weighted by Gasteiger charge is 2.15. The van der Waals surface area contributed by atoms with Gasteiger partial charge in [-0.15, -0.1) is 0 Å². The largest absolute Gasteiger partial charge is 0.298 e. The van der Waals surface area contributed by atoms with E-state index in [9.17, 15) is 12.9 Å². The lowest BCUT2D eigenvalue weighted by Gasteiger charge is -1.99. The maximum atomic E-state index is 11.6. The Hall–Kier alpha value is -1.14. The molecule has 1 aromatic rings. The molecule has 0 saturated heterocycles. The molecule has 0 bridgehead atoms. The molecule has 12 heavy (non-hydrogen) atoms. The fraction of sp³-hybridized carbons (Fsp3) is 0. The number of hydrogen-bond acceptors (Lipinski definition) is 3. The predicted octanol–water partition coefficient (Wildman–Crippen LogP) is 1.20. The molecular weight excluding hydrogens is 187 g/mol. The first-order valence-corrected chi connectivity index (χ1v) is 4.35. The summed E-state index contributed by atoms with van der Waals surface area (Å²) < 4.78 is 41.2. The predicted molar refractivity (Wildman–Crippen MR) is 38.0 cm³/mol. The van der Waals surface area contributed by atoms with Gasteiger partial charge in [-0.3, -0.25) is 9.49 Å². The zero-order valence-electron chi connectivity index (χ0n) is 5.77. The lowest BCUT2D eigenvalue weighted by atomic mass is 10.3. The second-order valence-corrected chi connectivity index (χ2v) is 3.39. The van der Waals surface area contributed by atoms with Gasteiger partial charge in [0.25, 0.3) is 10.1 Å². The minimum absolute atomic E-state index is 0.528. The Morgan fingerprint density at radius 1 is 1.33 bits per heavy atom. The van der Waals surface area contributed by atoms with Crippen molar-refractivity contribution in [2.45, 2.75) is 4.90 Å². The summed E-state index contributed by atoms with van der Waals surface area (Å²) in [5, 5.41) is 0. The van der Waals surface area contributed by atoms with Crippen molar-refractivity contribution in [3.05, 3.63) is 24.3 Å². The molecular formula is C6H5FO4S. The molecule has 0 atom stereocenters. The molecule has 0 radical (unpaired) electrons. The third-order valence-corrected chi connectivity index (χ3v) is 2.10. The molecule has 1 N–H and O–H groups in total. The summed E-state index contributed by atoms with van der Waals surface area (Å²) in [7, 11) is -4.41. The molecule has 0 aromatic heterocycles. The summed E-state index contributed by atoms with van der Waals surface area (Å²) in [6.07, 6.45) is 0. The summed E-state index contributed by atoms with van der Waals surface area (Å²) in [6.45, 7) is 0. The van der Waals surface area contributed by atoms with E-state index in [2.05, 4.69) is 4.94 Å². The van der Waals surface area contributed by atoms with E-state index in [1.807, 2.05) is 0 Å². The highest BCUT2D eigenvalue weighted by Crippen LogP contribution is 2.22. The smallest absolute Gasteiger partial charge is 0.293 e. The van der Waals surface area contributed by atoms with Gasteiger partial charge in [-0.2, -0.15) is 8.42 Å². The first-order valence-electron chi connectivity index (χ1n) is 2.91. The van der Waals surface area contributed by atoms with Crippen molar-refractivity contribution in [2.24, 2.45) is 0 Å². The first-order chi connectivity index (χ1) is 5.55. The third kappa shape index (κ3) is 1.72. The molecule has 0 fully saturated rings. The van der Waals surface area contributed by atoms with E-state index >= 15 is 0 Å². The molecule has 0 spiro atoms. The molecule has 1 aromatic carbocycles. The van der Waals surface area contributed by atoms with Crippen molar-refractivity contribution in [3.63, 3.8) is 0 Å². The fourth-order valence-corrected chi connectivity index (χ4v) is 1.33.